The van der Waals surface area contributed by atoms with Gasteiger partial charge in [-0.1, -0.05) is 6.92 Å². The molecule has 0 spiro atoms. The molecule has 1 amide bonds. The summed E-state index contributed by atoms with van der Waals surface area (Å²) in [6.45, 7) is 2.40. The molecule has 0 aliphatic carbocycles. The molecule has 18 heavy (non-hydrogen) atoms. The third kappa shape index (κ3) is 2.54. The lowest BCUT2D eigenvalue weighted by molar-refractivity contribution is -0.142. The van der Waals surface area contributed by atoms with Gasteiger partial charge in [-0.2, -0.15) is 0 Å². The van der Waals surface area contributed by atoms with Crippen molar-refractivity contribution in [1.29, 1.82) is 0 Å². The van der Waals surface area contributed by atoms with Gasteiger partial charge in [-0.25, -0.2) is 0 Å². The lowest BCUT2D eigenvalue weighted by Gasteiger charge is -2.15. The van der Waals surface area contributed by atoms with E-state index in [1.165, 1.54) is 11.3 Å². The summed E-state index contributed by atoms with van der Waals surface area (Å²) in [5, 5.41) is 13.6. The van der Waals surface area contributed by atoms with E-state index in [0.717, 1.165) is 12.0 Å². The van der Waals surface area contributed by atoms with E-state index < -0.39 is 17.9 Å². The number of ether oxygens (including phenoxy) is 1. The summed E-state index contributed by atoms with van der Waals surface area (Å²) in [5.41, 5.74) is 0.989. The maximum atomic E-state index is 12.1. The fourth-order valence-corrected chi connectivity index (χ4v) is 2.89. The molecule has 1 aromatic rings. The summed E-state index contributed by atoms with van der Waals surface area (Å²) >= 11 is 1.37. The third-order valence-corrected chi connectivity index (χ3v) is 4.00. The zero-order chi connectivity index (χ0) is 13.1. The van der Waals surface area contributed by atoms with Crippen LogP contribution in [0.2, 0.25) is 0 Å². The van der Waals surface area contributed by atoms with Crippen LogP contribution in [0.5, 0.6) is 0 Å². The number of carboxylic acid groups (broad SMARTS) is 1. The fourth-order valence-electron chi connectivity index (χ4n) is 1.99. The van der Waals surface area contributed by atoms with Crippen LogP contribution in [0, 0.1) is 5.92 Å². The van der Waals surface area contributed by atoms with Gasteiger partial charge >= 0.3 is 5.97 Å². The molecule has 2 atom stereocenters. The van der Waals surface area contributed by atoms with Crippen LogP contribution < -0.4 is 5.32 Å². The normalized spacial score (nSPS) is 22.9. The minimum atomic E-state index is -0.931. The molecular weight excluding hydrogens is 254 g/mol. The monoisotopic (exact) mass is 269 g/mol. The Morgan fingerprint density at radius 1 is 1.56 bits per heavy atom. The van der Waals surface area contributed by atoms with Crippen LogP contribution in [-0.2, 0) is 16.0 Å². The standard InChI is InChI=1S/C12H15NO4S/c1-2-7-3-4-18-10(7)11(14)13-9-6-17-5-8(9)12(15)16/h3-4,8-9H,2,5-6H2,1H3,(H,13,14)(H,15,16). The molecule has 98 valence electrons. The second-order valence-electron chi connectivity index (χ2n) is 4.19. The SMILES string of the molecule is CCc1ccsc1C(=O)NC1COCC1C(=O)O. The van der Waals surface area contributed by atoms with Gasteiger partial charge in [0.25, 0.3) is 5.91 Å². The first kappa shape index (κ1) is 13.0. The number of rotatable bonds is 4. The van der Waals surface area contributed by atoms with Crippen molar-refractivity contribution in [2.75, 3.05) is 13.2 Å². The Morgan fingerprint density at radius 2 is 2.33 bits per heavy atom. The number of carbonyl (C=O) groups excluding carboxylic acids is 1. The number of nitrogens with one attached hydrogen (secondary N) is 1. The molecule has 5 nitrogen and oxygen atoms in total. The number of carboxylic acids is 1. The van der Waals surface area contributed by atoms with Crippen molar-refractivity contribution in [3.8, 4) is 0 Å². The van der Waals surface area contributed by atoms with Crippen molar-refractivity contribution in [3.05, 3.63) is 21.9 Å². The van der Waals surface area contributed by atoms with Crippen LogP contribution in [0.4, 0.5) is 0 Å². The molecule has 1 aliphatic rings. The number of hydrogen-bond donors (Lipinski definition) is 2. The highest BCUT2D eigenvalue weighted by Crippen LogP contribution is 2.19. The molecule has 2 heterocycles. The number of thiophene rings is 1. The van der Waals surface area contributed by atoms with Gasteiger partial charge in [0.15, 0.2) is 0 Å². The molecule has 1 aliphatic heterocycles. The van der Waals surface area contributed by atoms with Gasteiger partial charge in [-0.05, 0) is 23.4 Å². The number of aryl methyl sites for hydroxylation is 1. The maximum absolute atomic E-state index is 12.1. The van der Waals surface area contributed by atoms with E-state index in [-0.39, 0.29) is 19.1 Å². The molecule has 6 heteroatoms. The predicted octanol–water partition coefficient (Wildman–Crippen LogP) is 1.14. The lowest BCUT2D eigenvalue weighted by Crippen LogP contribution is -2.42. The Balaban J connectivity index is 2.05. The summed E-state index contributed by atoms with van der Waals surface area (Å²) in [7, 11) is 0. The molecule has 2 N–H and O–H groups in total. The van der Waals surface area contributed by atoms with E-state index in [2.05, 4.69) is 5.32 Å². The van der Waals surface area contributed by atoms with Crippen molar-refractivity contribution in [2.24, 2.45) is 5.92 Å². The third-order valence-electron chi connectivity index (χ3n) is 3.05. The second-order valence-corrected chi connectivity index (χ2v) is 5.11. The fraction of sp³-hybridized carbons (Fsp3) is 0.500. The number of carbonyl (C=O) groups is 2. The van der Waals surface area contributed by atoms with E-state index in [1.807, 2.05) is 18.4 Å². The van der Waals surface area contributed by atoms with E-state index in [9.17, 15) is 9.59 Å². The summed E-state index contributed by atoms with van der Waals surface area (Å²) < 4.78 is 5.11. The van der Waals surface area contributed by atoms with Gasteiger partial charge < -0.3 is 15.2 Å². The zero-order valence-corrected chi connectivity index (χ0v) is 10.8. The Bertz CT molecular complexity index is 457. The number of aliphatic carboxylic acids is 1. The highest BCUT2D eigenvalue weighted by Gasteiger charge is 2.35. The number of hydrogen-bond acceptors (Lipinski definition) is 4. The Kier molecular flexibility index (Phi) is 3.98. The molecule has 0 saturated carbocycles. The smallest absolute Gasteiger partial charge is 0.311 e. The van der Waals surface area contributed by atoms with Gasteiger partial charge in [-0.3, -0.25) is 9.59 Å². The highest BCUT2D eigenvalue weighted by atomic mass is 32.1. The van der Waals surface area contributed by atoms with Gasteiger partial charge in [0.2, 0.25) is 0 Å². The summed E-state index contributed by atoms with van der Waals surface area (Å²) in [4.78, 5) is 23.7. The molecule has 2 rings (SSSR count). The van der Waals surface area contributed by atoms with E-state index in [4.69, 9.17) is 9.84 Å². The van der Waals surface area contributed by atoms with Crippen LogP contribution in [-0.4, -0.2) is 36.2 Å². The van der Waals surface area contributed by atoms with Gasteiger partial charge in [0.05, 0.1) is 24.1 Å². The van der Waals surface area contributed by atoms with Crippen molar-refractivity contribution in [1.82, 2.24) is 5.32 Å². The second kappa shape index (κ2) is 5.49. The summed E-state index contributed by atoms with van der Waals surface area (Å²) in [6.07, 6.45) is 0.787. The molecule has 0 bridgehead atoms. The summed E-state index contributed by atoms with van der Waals surface area (Å²) in [6, 6.07) is 1.47. The molecule has 0 aromatic carbocycles. The van der Waals surface area contributed by atoms with Gasteiger partial charge in [0, 0.05) is 0 Å². The average molecular weight is 269 g/mol. The Labute approximate surface area is 109 Å². The molecule has 1 aromatic heterocycles. The highest BCUT2D eigenvalue weighted by molar-refractivity contribution is 7.12. The molecule has 1 saturated heterocycles. The number of amides is 1. The van der Waals surface area contributed by atoms with Crippen LogP contribution in [0.25, 0.3) is 0 Å². The Hall–Kier alpha value is -1.40. The predicted molar refractivity (Wildman–Crippen MR) is 66.9 cm³/mol. The van der Waals surface area contributed by atoms with Gasteiger partial charge in [-0.15, -0.1) is 11.3 Å². The minimum absolute atomic E-state index is 0.158. The van der Waals surface area contributed by atoms with Gasteiger partial charge in [0.1, 0.15) is 5.92 Å². The van der Waals surface area contributed by atoms with E-state index >= 15 is 0 Å². The van der Waals surface area contributed by atoms with Crippen molar-refractivity contribution in [2.45, 2.75) is 19.4 Å². The first-order valence-electron chi connectivity index (χ1n) is 5.81. The zero-order valence-electron chi connectivity index (χ0n) is 10.0. The quantitative estimate of drug-likeness (QED) is 0.859. The average Bonchev–Trinajstić information content (AvgIpc) is 2.96. The first-order valence-corrected chi connectivity index (χ1v) is 6.69. The lowest BCUT2D eigenvalue weighted by atomic mass is 10.0. The minimum Gasteiger partial charge on any atom is -0.481 e. The molecular formula is C12H15NO4S. The van der Waals surface area contributed by atoms with E-state index in [0.29, 0.717) is 4.88 Å². The summed E-state index contributed by atoms with van der Waals surface area (Å²) in [5.74, 6) is -1.79. The maximum Gasteiger partial charge on any atom is 0.311 e. The molecule has 1 fully saturated rings. The first-order chi connectivity index (χ1) is 8.63. The Morgan fingerprint density at radius 3 is 3.00 bits per heavy atom. The van der Waals surface area contributed by atoms with Crippen LogP contribution in [0.3, 0.4) is 0 Å². The molecule has 0 radical (unpaired) electrons. The van der Waals surface area contributed by atoms with Crippen LogP contribution in [0.15, 0.2) is 11.4 Å². The largest absolute Gasteiger partial charge is 0.481 e. The van der Waals surface area contributed by atoms with Crippen molar-refractivity contribution < 1.29 is 19.4 Å². The van der Waals surface area contributed by atoms with E-state index in [1.54, 1.807) is 0 Å². The van der Waals surface area contributed by atoms with Crippen LogP contribution in [0.1, 0.15) is 22.2 Å². The van der Waals surface area contributed by atoms with Crippen LogP contribution >= 0.6 is 11.3 Å². The van der Waals surface area contributed by atoms with Crippen molar-refractivity contribution >= 4 is 23.2 Å². The molecule has 2 unspecified atom stereocenters. The topological polar surface area (TPSA) is 75.6 Å². The van der Waals surface area contributed by atoms with Crippen molar-refractivity contribution in [3.63, 3.8) is 0 Å².